The second kappa shape index (κ2) is 4.38. The maximum atomic E-state index is 5.93. The fourth-order valence-corrected chi connectivity index (χ4v) is 2.73. The van der Waals surface area contributed by atoms with Crippen molar-refractivity contribution in [1.82, 2.24) is 14.8 Å². The van der Waals surface area contributed by atoms with Gasteiger partial charge in [-0.3, -0.25) is 4.68 Å². The third kappa shape index (κ3) is 2.20. The van der Waals surface area contributed by atoms with Gasteiger partial charge >= 0.3 is 0 Å². The number of H-pyrrole nitrogens is 1. The lowest BCUT2D eigenvalue weighted by atomic mass is 9.86. The molecule has 0 fully saturated rings. The second-order valence-corrected chi connectivity index (χ2v) is 6.71. The van der Waals surface area contributed by atoms with Gasteiger partial charge in [0.25, 0.3) is 0 Å². The van der Waals surface area contributed by atoms with Crippen LogP contribution in [-0.2, 0) is 12.5 Å². The summed E-state index contributed by atoms with van der Waals surface area (Å²) in [6, 6.07) is 8.53. The number of aromatic amines is 1. The largest absolute Gasteiger partial charge is 0.384 e. The molecule has 3 N–H and O–H groups in total. The molecular formula is C17H22N4. The first-order chi connectivity index (χ1) is 9.77. The number of nitrogens with one attached hydrogen (secondary N) is 1. The Bertz CT molecular complexity index is 796. The Kier molecular flexibility index (Phi) is 2.87. The van der Waals surface area contributed by atoms with Crippen molar-refractivity contribution in [2.75, 3.05) is 5.73 Å². The lowest BCUT2D eigenvalue weighted by Gasteiger charge is -2.19. The molecule has 2 aromatic heterocycles. The highest BCUT2D eigenvalue weighted by Gasteiger charge is 2.18. The Morgan fingerprint density at radius 3 is 2.48 bits per heavy atom. The van der Waals surface area contributed by atoms with Crippen LogP contribution < -0.4 is 5.73 Å². The van der Waals surface area contributed by atoms with Crippen molar-refractivity contribution in [3.63, 3.8) is 0 Å². The van der Waals surface area contributed by atoms with E-state index in [2.05, 4.69) is 56.0 Å². The summed E-state index contributed by atoms with van der Waals surface area (Å²) in [4.78, 5) is 3.44. The van der Waals surface area contributed by atoms with E-state index in [9.17, 15) is 0 Å². The lowest BCUT2D eigenvalue weighted by molar-refractivity contribution is 0.591. The van der Waals surface area contributed by atoms with Crippen LogP contribution in [0.1, 0.15) is 32.0 Å². The maximum absolute atomic E-state index is 5.93. The molecule has 4 heteroatoms. The van der Waals surface area contributed by atoms with E-state index in [1.165, 1.54) is 10.9 Å². The zero-order valence-corrected chi connectivity index (χ0v) is 13.3. The zero-order chi connectivity index (χ0) is 15.4. The first kappa shape index (κ1) is 13.7. The van der Waals surface area contributed by atoms with Crippen LogP contribution >= 0.6 is 0 Å². The standard InChI is InChI=1S/C17H22N4/c1-10-16(14-9-15(18)21(5)20-14)12-8-11(17(2,3)4)6-7-13(12)19-10/h6-9,19H,18H2,1-5H3. The van der Waals surface area contributed by atoms with Crippen LogP contribution in [0, 0.1) is 6.92 Å². The van der Waals surface area contributed by atoms with Crippen LogP contribution in [0.3, 0.4) is 0 Å². The number of nitrogens with two attached hydrogens (primary N) is 1. The average Bonchev–Trinajstić information content (AvgIpc) is 2.87. The van der Waals surface area contributed by atoms with Crippen molar-refractivity contribution >= 4 is 16.7 Å². The highest BCUT2D eigenvalue weighted by molar-refractivity contribution is 5.97. The summed E-state index contributed by atoms with van der Waals surface area (Å²) in [7, 11) is 1.86. The number of aromatic nitrogens is 3. The van der Waals surface area contributed by atoms with Gasteiger partial charge in [0.1, 0.15) is 5.82 Å². The Morgan fingerprint density at radius 1 is 1.19 bits per heavy atom. The fourth-order valence-electron chi connectivity index (χ4n) is 2.73. The second-order valence-electron chi connectivity index (χ2n) is 6.71. The number of benzene rings is 1. The molecule has 0 aliphatic carbocycles. The van der Waals surface area contributed by atoms with Gasteiger partial charge in [-0.1, -0.05) is 26.8 Å². The van der Waals surface area contributed by atoms with E-state index in [-0.39, 0.29) is 5.41 Å². The van der Waals surface area contributed by atoms with E-state index in [4.69, 9.17) is 5.73 Å². The quantitative estimate of drug-likeness (QED) is 0.714. The van der Waals surface area contributed by atoms with Gasteiger partial charge in [0.15, 0.2) is 0 Å². The topological polar surface area (TPSA) is 59.6 Å². The van der Waals surface area contributed by atoms with E-state index in [0.29, 0.717) is 5.82 Å². The van der Waals surface area contributed by atoms with Gasteiger partial charge < -0.3 is 10.7 Å². The number of aryl methyl sites for hydroxylation is 2. The smallest absolute Gasteiger partial charge is 0.121 e. The van der Waals surface area contributed by atoms with Gasteiger partial charge in [-0.25, -0.2) is 0 Å². The molecule has 21 heavy (non-hydrogen) atoms. The van der Waals surface area contributed by atoms with Crippen LogP contribution in [0.15, 0.2) is 24.3 Å². The molecule has 1 aromatic carbocycles. The number of hydrogen-bond donors (Lipinski definition) is 2. The lowest BCUT2D eigenvalue weighted by Crippen LogP contribution is -2.10. The highest BCUT2D eigenvalue weighted by atomic mass is 15.3. The molecule has 0 amide bonds. The number of anilines is 1. The summed E-state index contributed by atoms with van der Waals surface area (Å²) in [5.41, 5.74) is 11.7. The van der Waals surface area contributed by atoms with Gasteiger partial charge in [-0.05, 0) is 30.0 Å². The molecule has 0 saturated heterocycles. The molecule has 4 nitrogen and oxygen atoms in total. The highest BCUT2D eigenvalue weighted by Crippen LogP contribution is 2.35. The van der Waals surface area contributed by atoms with E-state index in [0.717, 1.165) is 22.5 Å². The first-order valence-electron chi connectivity index (χ1n) is 7.20. The van der Waals surface area contributed by atoms with Crippen molar-refractivity contribution in [1.29, 1.82) is 0 Å². The summed E-state index contributed by atoms with van der Waals surface area (Å²) >= 11 is 0. The molecule has 2 heterocycles. The number of fused-ring (bicyclic) bond motifs is 1. The number of hydrogen-bond acceptors (Lipinski definition) is 2. The molecule has 3 aromatic rings. The minimum atomic E-state index is 0.125. The molecule has 0 unspecified atom stereocenters. The third-order valence-corrected chi connectivity index (χ3v) is 4.02. The molecule has 110 valence electrons. The Morgan fingerprint density at radius 2 is 1.90 bits per heavy atom. The van der Waals surface area contributed by atoms with Crippen molar-refractivity contribution in [3.8, 4) is 11.3 Å². The summed E-state index contributed by atoms with van der Waals surface area (Å²) in [5, 5.41) is 5.73. The van der Waals surface area contributed by atoms with Gasteiger partial charge in [-0.15, -0.1) is 0 Å². The minimum absolute atomic E-state index is 0.125. The van der Waals surface area contributed by atoms with Crippen LogP contribution in [0.25, 0.3) is 22.2 Å². The van der Waals surface area contributed by atoms with Gasteiger partial charge in [0, 0.05) is 35.3 Å². The number of nitrogen functional groups attached to an aromatic ring is 1. The van der Waals surface area contributed by atoms with E-state index < -0.39 is 0 Å². The summed E-state index contributed by atoms with van der Waals surface area (Å²) in [5.74, 6) is 0.672. The molecule has 3 rings (SSSR count). The van der Waals surface area contributed by atoms with Gasteiger partial charge in [-0.2, -0.15) is 5.10 Å². The Hall–Kier alpha value is -2.23. The van der Waals surface area contributed by atoms with Crippen LogP contribution in [-0.4, -0.2) is 14.8 Å². The number of rotatable bonds is 1. The minimum Gasteiger partial charge on any atom is -0.384 e. The van der Waals surface area contributed by atoms with Crippen molar-refractivity contribution in [2.45, 2.75) is 33.1 Å². The van der Waals surface area contributed by atoms with Crippen LogP contribution in [0.5, 0.6) is 0 Å². The van der Waals surface area contributed by atoms with Crippen LogP contribution in [0.4, 0.5) is 5.82 Å². The Balaban J connectivity index is 2.28. The summed E-state index contributed by atoms with van der Waals surface area (Å²) < 4.78 is 1.71. The van der Waals surface area contributed by atoms with Gasteiger partial charge in [0.2, 0.25) is 0 Å². The zero-order valence-electron chi connectivity index (χ0n) is 13.3. The molecular weight excluding hydrogens is 260 g/mol. The SMILES string of the molecule is Cc1[nH]c2ccc(C(C)(C)C)cc2c1-c1cc(N)n(C)n1. The first-order valence-corrected chi connectivity index (χ1v) is 7.20. The third-order valence-electron chi connectivity index (χ3n) is 4.02. The maximum Gasteiger partial charge on any atom is 0.121 e. The Labute approximate surface area is 125 Å². The monoisotopic (exact) mass is 282 g/mol. The van der Waals surface area contributed by atoms with E-state index >= 15 is 0 Å². The predicted molar refractivity (Wildman–Crippen MR) is 88.4 cm³/mol. The molecule has 0 spiro atoms. The average molecular weight is 282 g/mol. The van der Waals surface area contributed by atoms with Crippen molar-refractivity contribution in [2.24, 2.45) is 7.05 Å². The summed E-state index contributed by atoms with van der Waals surface area (Å²) in [6.45, 7) is 8.77. The fraction of sp³-hybridized carbons (Fsp3) is 0.353. The predicted octanol–water partition coefficient (Wildman–Crippen LogP) is 3.76. The normalized spacial score (nSPS) is 12.2. The van der Waals surface area contributed by atoms with Crippen LogP contribution in [0.2, 0.25) is 0 Å². The van der Waals surface area contributed by atoms with E-state index in [1.807, 2.05) is 13.1 Å². The van der Waals surface area contributed by atoms with Crippen molar-refractivity contribution < 1.29 is 0 Å². The molecule has 0 aliphatic rings. The van der Waals surface area contributed by atoms with Crippen molar-refractivity contribution in [3.05, 3.63) is 35.5 Å². The van der Waals surface area contributed by atoms with Gasteiger partial charge in [0.05, 0.1) is 5.69 Å². The molecule has 0 atom stereocenters. The molecule has 0 bridgehead atoms. The molecule has 0 aliphatic heterocycles. The summed E-state index contributed by atoms with van der Waals surface area (Å²) in [6.07, 6.45) is 0. The molecule has 0 radical (unpaired) electrons. The molecule has 0 saturated carbocycles. The van der Waals surface area contributed by atoms with E-state index in [1.54, 1.807) is 4.68 Å². The number of nitrogens with zero attached hydrogens (tertiary/aromatic N) is 2.